The maximum atomic E-state index is 5.77. The molecule has 0 saturated carbocycles. The zero-order chi connectivity index (χ0) is 8.39. The molecule has 0 bridgehead atoms. The van der Waals surface area contributed by atoms with Crippen molar-refractivity contribution in [2.24, 2.45) is 5.73 Å². The fourth-order valence-corrected chi connectivity index (χ4v) is 1.46. The molecule has 1 saturated heterocycles. The van der Waals surface area contributed by atoms with Gasteiger partial charge < -0.3 is 10.6 Å². The van der Waals surface area contributed by atoms with E-state index >= 15 is 0 Å². The van der Waals surface area contributed by atoms with Gasteiger partial charge in [0.25, 0.3) is 0 Å². The van der Waals surface area contributed by atoms with Gasteiger partial charge in [-0.25, -0.2) is 0 Å². The standard InChI is InChI=1S/C8H12N4/c9-7-3-5-12(6-7)8-2-1-4-10-11-8/h1-2,4,7H,3,5-6,9H2. The molecule has 64 valence electrons. The molecular weight excluding hydrogens is 152 g/mol. The number of aromatic nitrogens is 2. The average Bonchev–Trinajstić information content (AvgIpc) is 2.54. The van der Waals surface area contributed by atoms with Gasteiger partial charge in [0, 0.05) is 25.3 Å². The molecule has 1 aliphatic rings. The first-order valence-electron chi connectivity index (χ1n) is 4.14. The topological polar surface area (TPSA) is 55.0 Å². The molecule has 1 aliphatic heterocycles. The molecule has 12 heavy (non-hydrogen) atoms. The minimum atomic E-state index is 0.298. The average molecular weight is 164 g/mol. The van der Waals surface area contributed by atoms with Crippen molar-refractivity contribution >= 4 is 5.82 Å². The number of hydrogen-bond donors (Lipinski definition) is 1. The van der Waals surface area contributed by atoms with E-state index in [0.29, 0.717) is 6.04 Å². The van der Waals surface area contributed by atoms with E-state index in [-0.39, 0.29) is 0 Å². The van der Waals surface area contributed by atoms with E-state index in [4.69, 9.17) is 5.73 Å². The summed E-state index contributed by atoms with van der Waals surface area (Å²) in [5.41, 5.74) is 5.77. The normalized spacial score (nSPS) is 23.1. The molecule has 1 fully saturated rings. The lowest BCUT2D eigenvalue weighted by molar-refractivity contribution is 0.750. The molecule has 0 aromatic carbocycles. The summed E-state index contributed by atoms with van der Waals surface area (Å²) < 4.78 is 0. The van der Waals surface area contributed by atoms with Gasteiger partial charge in [-0.15, -0.1) is 5.10 Å². The Balaban J connectivity index is 2.11. The third kappa shape index (κ3) is 1.38. The Morgan fingerprint density at radius 2 is 2.50 bits per heavy atom. The van der Waals surface area contributed by atoms with Crippen molar-refractivity contribution in [3.63, 3.8) is 0 Å². The zero-order valence-electron chi connectivity index (χ0n) is 6.85. The molecule has 0 radical (unpaired) electrons. The highest BCUT2D eigenvalue weighted by molar-refractivity contribution is 5.37. The van der Waals surface area contributed by atoms with Gasteiger partial charge in [-0.2, -0.15) is 5.10 Å². The molecule has 1 aromatic rings. The highest BCUT2D eigenvalue weighted by atomic mass is 15.3. The van der Waals surface area contributed by atoms with E-state index in [2.05, 4.69) is 15.1 Å². The largest absolute Gasteiger partial charge is 0.354 e. The molecule has 0 amide bonds. The molecule has 1 unspecified atom stereocenters. The van der Waals surface area contributed by atoms with Crippen LogP contribution >= 0.6 is 0 Å². The summed E-state index contributed by atoms with van der Waals surface area (Å²) in [6.45, 7) is 1.90. The molecule has 2 heterocycles. The Morgan fingerprint density at radius 3 is 3.08 bits per heavy atom. The van der Waals surface area contributed by atoms with Crippen molar-refractivity contribution in [2.45, 2.75) is 12.5 Å². The van der Waals surface area contributed by atoms with Crippen LogP contribution in [-0.2, 0) is 0 Å². The number of nitrogens with two attached hydrogens (primary N) is 1. The lowest BCUT2D eigenvalue weighted by Crippen LogP contribution is -2.26. The Morgan fingerprint density at radius 1 is 1.58 bits per heavy atom. The van der Waals surface area contributed by atoms with Gasteiger partial charge in [0.2, 0.25) is 0 Å². The fraction of sp³-hybridized carbons (Fsp3) is 0.500. The third-order valence-electron chi connectivity index (χ3n) is 2.11. The molecular formula is C8H12N4. The van der Waals surface area contributed by atoms with Crippen LogP contribution < -0.4 is 10.6 Å². The van der Waals surface area contributed by atoms with Gasteiger partial charge in [0.1, 0.15) is 0 Å². The smallest absolute Gasteiger partial charge is 0.151 e. The lowest BCUT2D eigenvalue weighted by atomic mass is 10.3. The van der Waals surface area contributed by atoms with Crippen LogP contribution in [0.2, 0.25) is 0 Å². The first kappa shape index (κ1) is 7.49. The highest BCUT2D eigenvalue weighted by Gasteiger charge is 2.19. The van der Waals surface area contributed by atoms with E-state index in [1.165, 1.54) is 0 Å². The Kier molecular flexibility index (Phi) is 1.91. The quantitative estimate of drug-likeness (QED) is 0.635. The minimum Gasteiger partial charge on any atom is -0.354 e. The first-order valence-corrected chi connectivity index (χ1v) is 4.14. The van der Waals surface area contributed by atoms with Crippen LogP contribution in [-0.4, -0.2) is 29.3 Å². The van der Waals surface area contributed by atoms with Crippen molar-refractivity contribution in [1.29, 1.82) is 0 Å². The molecule has 1 atom stereocenters. The Labute approximate surface area is 71.4 Å². The van der Waals surface area contributed by atoms with Crippen LogP contribution in [0.4, 0.5) is 5.82 Å². The number of hydrogen-bond acceptors (Lipinski definition) is 4. The number of rotatable bonds is 1. The summed E-state index contributed by atoms with van der Waals surface area (Å²) in [5, 5.41) is 7.84. The van der Waals surface area contributed by atoms with E-state index in [1.54, 1.807) is 6.20 Å². The summed E-state index contributed by atoms with van der Waals surface area (Å²) >= 11 is 0. The second-order valence-corrected chi connectivity index (χ2v) is 3.08. The molecule has 0 spiro atoms. The van der Waals surface area contributed by atoms with Crippen molar-refractivity contribution in [2.75, 3.05) is 18.0 Å². The van der Waals surface area contributed by atoms with Crippen molar-refractivity contribution in [1.82, 2.24) is 10.2 Å². The maximum absolute atomic E-state index is 5.77. The summed E-state index contributed by atoms with van der Waals surface area (Å²) in [6, 6.07) is 4.16. The molecule has 1 aromatic heterocycles. The number of nitrogens with zero attached hydrogens (tertiary/aromatic N) is 3. The van der Waals surface area contributed by atoms with E-state index in [0.717, 1.165) is 25.3 Å². The van der Waals surface area contributed by atoms with Gasteiger partial charge in [-0.05, 0) is 18.6 Å². The monoisotopic (exact) mass is 164 g/mol. The van der Waals surface area contributed by atoms with Gasteiger partial charge in [-0.1, -0.05) is 0 Å². The molecule has 2 rings (SSSR count). The van der Waals surface area contributed by atoms with Gasteiger partial charge in [0.05, 0.1) is 0 Å². The predicted molar refractivity (Wildman–Crippen MR) is 46.8 cm³/mol. The van der Waals surface area contributed by atoms with Crippen LogP contribution in [0, 0.1) is 0 Å². The first-order chi connectivity index (χ1) is 5.86. The second kappa shape index (κ2) is 3.06. The summed E-state index contributed by atoms with van der Waals surface area (Å²) in [5.74, 6) is 0.936. The summed E-state index contributed by atoms with van der Waals surface area (Å²) in [7, 11) is 0. The van der Waals surface area contributed by atoms with Crippen molar-refractivity contribution in [3.05, 3.63) is 18.3 Å². The van der Waals surface area contributed by atoms with E-state index in [1.807, 2.05) is 12.1 Å². The summed E-state index contributed by atoms with van der Waals surface area (Å²) in [6.07, 6.45) is 2.73. The van der Waals surface area contributed by atoms with E-state index in [9.17, 15) is 0 Å². The summed E-state index contributed by atoms with van der Waals surface area (Å²) in [4.78, 5) is 2.16. The SMILES string of the molecule is NC1CCN(c2cccnn2)C1. The Bertz CT molecular complexity index is 248. The maximum Gasteiger partial charge on any atom is 0.151 e. The number of anilines is 1. The van der Waals surface area contributed by atoms with Crippen LogP contribution in [0.1, 0.15) is 6.42 Å². The van der Waals surface area contributed by atoms with Crippen molar-refractivity contribution in [3.8, 4) is 0 Å². The molecule has 2 N–H and O–H groups in total. The highest BCUT2D eigenvalue weighted by Crippen LogP contribution is 2.14. The lowest BCUT2D eigenvalue weighted by Gasteiger charge is -2.14. The van der Waals surface area contributed by atoms with Crippen LogP contribution in [0.15, 0.2) is 18.3 Å². The van der Waals surface area contributed by atoms with E-state index < -0.39 is 0 Å². The molecule has 4 nitrogen and oxygen atoms in total. The van der Waals surface area contributed by atoms with Gasteiger partial charge in [0.15, 0.2) is 5.82 Å². The second-order valence-electron chi connectivity index (χ2n) is 3.08. The predicted octanol–water partition coefficient (Wildman–Crippen LogP) is 0.0140. The van der Waals surface area contributed by atoms with Crippen LogP contribution in [0.5, 0.6) is 0 Å². The van der Waals surface area contributed by atoms with Crippen molar-refractivity contribution < 1.29 is 0 Å². The molecule has 4 heteroatoms. The third-order valence-corrected chi connectivity index (χ3v) is 2.11. The zero-order valence-corrected chi connectivity index (χ0v) is 6.85. The Hall–Kier alpha value is -1.16. The molecule has 0 aliphatic carbocycles. The van der Waals surface area contributed by atoms with Crippen LogP contribution in [0.3, 0.4) is 0 Å². The van der Waals surface area contributed by atoms with Gasteiger partial charge >= 0.3 is 0 Å². The minimum absolute atomic E-state index is 0.298. The van der Waals surface area contributed by atoms with Gasteiger partial charge in [-0.3, -0.25) is 0 Å². The fourth-order valence-electron chi connectivity index (χ4n) is 1.46. The van der Waals surface area contributed by atoms with Crippen LogP contribution in [0.25, 0.3) is 0 Å².